The Kier molecular flexibility index (Phi) is 5.57. The van der Waals surface area contributed by atoms with Crippen molar-refractivity contribution in [3.8, 4) is 11.8 Å². The second kappa shape index (κ2) is 7.85. The largest absolute Gasteiger partial charge is 0.384 e. The summed E-state index contributed by atoms with van der Waals surface area (Å²) in [7, 11) is 0. The van der Waals surface area contributed by atoms with E-state index in [0.29, 0.717) is 6.04 Å². The lowest BCUT2D eigenvalue weighted by Crippen LogP contribution is -2.51. The zero-order valence-corrected chi connectivity index (χ0v) is 15.1. The number of aryl methyl sites for hydroxylation is 1. The highest BCUT2D eigenvalue weighted by Crippen LogP contribution is 2.24. The van der Waals surface area contributed by atoms with Crippen LogP contribution >= 0.6 is 11.3 Å². The number of hydrogen-bond donors (Lipinski definition) is 1. The zero-order valence-electron chi connectivity index (χ0n) is 14.3. The molecule has 0 aliphatic carbocycles. The fourth-order valence-electron chi connectivity index (χ4n) is 3.24. The third kappa shape index (κ3) is 3.99. The first kappa shape index (κ1) is 17.0. The summed E-state index contributed by atoms with van der Waals surface area (Å²) in [5.41, 5.74) is 3.72. The third-order valence-electron chi connectivity index (χ3n) is 4.55. The Hall–Kier alpha value is -1.80. The van der Waals surface area contributed by atoms with E-state index in [4.69, 9.17) is 5.11 Å². The summed E-state index contributed by atoms with van der Waals surface area (Å²) in [5, 5.41) is 10.9. The van der Waals surface area contributed by atoms with Crippen LogP contribution in [0.1, 0.15) is 22.9 Å². The number of piperazine rings is 1. The molecule has 2 aromatic rings. The Morgan fingerprint density at radius 1 is 1.29 bits per heavy atom. The van der Waals surface area contributed by atoms with Gasteiger partial charge in [0.1, 0.15) is 6.61 Å². The number of thiophene rings is 1. The van der Waals surface area contributed by atoms with Gasteiger partial charge in [0.25, 0.3) is 0 Å². The zero-order chi connectivity index (χ0) is 16.9. The molecule has 1 aliphatic rings. The van der Waals surface area contributed by atoms with Gasteiger partial charge in [0, 0.05) is 53.7 Å². The van der Waals surface area contributed by atoms with Crippen molar-refractivity contribution in [1.29, 1.82) is 0 Å². The number of aliphatic hydroxyl groups excluding tert-OH is 1. The second-order valence-electron chi connectivity index (χ2n) is 6.31. The molecule has 0 unspecified atom stereocenters. The Bertz CT molecular complexity index is 743. The van der Waals surface area contributed by atoms with Crippen LogP contribution in [0, 0.1) is 18.8 Å². The molecule has 0 saturated carbocycles. The molecule has 1 saturated heterocycles. The molecule has 0 bridgehead atoms. The third-order valence-corrected chi connectivity index (χ3v) is 5.47. The van der Waals surface area contributed by atoms with E-state index in [-0.39, 0.29) is 6.61 Å². The van der Waals surface area contributed by atoms with E-state index < -0.39 is 0 Å². The lowest BCUT2D eigenvalue weighted by atomic mass is 10.1. The summed E-state index contributed by atoms with van der Waals surface area (Å²) in [4.78, 5) is 6.39. The monoisotopic (exact) mass is 340 g/mol. The quantitative estimate of drug-likeness (QED) is 0.870. The van der Waals surface area contributed by atoms with Crippen molar-refractivity contribution < 1.29 is 5.11 Å². The molecule has 4 heteroatoms. The van der Waals surface area contributed by atoms with Crippen LogP contribution in [0.2, 0.25) is 0 Å². The van der Waals surface area contributed by atoms with Gasteiger partial charge in [-0.15, -0.1) is 11.3 Å². The summed E-state index contributed by atoms with van der Waals surface area (Å²) >= 11 is 1.76. The van der Waals surface area contributed by atoms with E-state index in [0.717, 1.165) is 31.7 Å². The van der Waals surface area contributed by atoms with E-state index in [1.54, 1.807) is 11.3 Å². The molecule has 1 aromatic heterocycles. The van der Waals surface area contributed by atoms with Crippen molar-refractivity contribution in [3.05, 3.63) is 51.7 Å². The first-order valence-corrected chi connectivity index (χ1v) is 9.27. The van der Waals surface area contributed by atoms with E-state index in [9.17, 15) is 0 Å². The van der Waals surface area contributed by atoms with Gasteiger partial charge in [-0.05, 0) is 31.5 Å². The summed E-state index contributed by atoms with van der Waals surface area (Å²) in [6, 6.07) is 11.3. The minimum atomic E-state index is -0.0803. The fraction of sp³-hybridized carbons (Fsp3) is 0.400. The van der Waals surface area contributed by atoms with Gasteiger partial charge in [0.05, 0.1) is 0 Å². The molecular weight excluding hydrogens is 316 g/mol. The molecule has 24 heavy (non-hydrogen) atoms. The number of benzene rings is 1. The van der Waals surface area contributed by atoms with Crippen molar-refractivity contribution in [1.82, 2.24) is 4.90 Å². The van der Waals surface area contributed by atoms with Gasteiger partial charge in [0.15, 0.2) is 0 Å². The number of anilines is 1. The highest BCUT2D eigenvalue weighted by Gasteiger charge is 2.24. The van der Waals surface area contributed by atoms with E-state index in [2.05, 4.69) is 71.2 Å². The molecule has 1 aliphatic heterocycles. The number of hydrogen-bond acceptors (Lipinski definition) is 4. The molecule has 3 nitrogen and oxygen atoms in total. The SMILES string of the molecule is Cc1ccccc1N1CCN(Cc2cc(C#CCO)cs2)[C@@H](C)C1. The average molecular weight is 340 g/mol. The minimum absolute atomic E-state index is 0.0803. The lowest BCUT2D eigenvalue weighted by molar-refractivity contribution is 0.182. The minimum Gasteiger partial charge on any atom is -0.384 e. The summed E-state index contributed by atoms with van der Waals surface area (Å²) < 4.78 is 0. The molecule has 126 valence electrons. The molecule has 1 atom stereocenters. The van der Waals surface area contributed by atoms with Crippen molar-refractivity contribution >= 4 is 17.0 Å². The molecule has 0 spiro atoms. The van der Waals surface area contributed by atoms with Gasteiger partial charge in [0.2, 0.25) is 0 Å². The highest BCUT2D eigenvalue weighted by atomic mass is 32.1. The van der Waals surface area contributed by atoms with Crippen LogP contribution in [-0.2, 0) is 6.54 Å². The molecule has 0 amide bonds. The molecule has 1 N–H and O–H groups in total. The molecular formula is C20H24N2OS. The number of aliphatic hydroxyl groups is 1. The smallest absolute Gasteiger partial charge is 0.104 e. The number of para-hydroxylation sites is 1. The van der Waals surface area contributed by atoms with Crippen LogP contribution in [-0.4, -0.2) is 42.3 Å². The van der Waals surface area contributed by atoms with E-state index in [1.807, 2.05) is 0 Å². The molecule has 2 heterocycles. The van der Waals surface area contributed by atoms with Gasteiger partial charge in [-0.25, -0.2) is 0 Å². The van der Waals surface area contributed by atoms with Gasteiger partial charge in [-0.1, -0.05) is 30.0 Å². The van der Waals surface area contributed by atoms with Gasteiger partial charge < -0.3 is 10.0 Å². The first-order valence-electron chi connectivity index (χ1n) is 8.39. The van der Waals surface area contributed by atoms with Gasteiger partial charge in [-0.2, -0.15) is 0 Å². The maximum Gasteiger partial charge on any atom is 0.104 e. The molecule has 1 fully saturated rings. The van der Waals surface area contributed by atoms with Gasteiger partial charge >= 0.3 is 0 Å². The standard InChI is InChI=1S/C20H24N2OS/c1-16-6-3-4-8-20(16)22-10-9-21(17(2)13-22)14-19-12-18(15-24-19)7-5-11-23/h3-4,6,8,12,15,17,23H,9-11,13-14H2,1-2H3/t17-/m0/s1. The number of rotatable bonds is 3. The molecule has 3 rings (SSSR count). The maximum atomic E-state index is 8.79. The Labute approximate surface area is 148 Å². The second-order valence-corrected chi connectivity index (χ2v) is 7.31. The maximum absolute atomic E-state index is 8.79. The molecule has 0 radical (unpaired) electrons. The van der Waals surface area contributed by atoms with Crippen molar-refractivity contribution in [2.24, 2.45) is 0 Å². The van der Waals surface area contributed by atoms with Crippen LogP contribution in [0.15, 0.2) is 35.7 Å². The van der Waals surface area contributed by atoms with E-state index >= 15 is 0 Å². The predicted octanol–water partition coefficient (Wildman–Crippen LogP) is 3.11. The topological polar surface area (TPSA) is 26.7 Å². The Morgan fingerprint density at radius 2 is 2.12 bits per heavy atom. The van der Waals surface area contributed by atoms with Crippen molar-refractivity contribution in [2.75, 3.05) is 31.1 Å². The summed E-state index contributed by atoms with van der Waals surface area (Å²) in [6.07, 6.45) is 0. The van der Waals surface area contributed by atoms with Crippen molar-refractivity contribution in [2.45, 2.75) is 26.4 Å². The van der Waals surface area contributed by atoms with Crippen LogP contribution in [0.25, 0.3) is 0 Å². The summed E-state index contributed by atoms with van der Waals surface area (Å²) in [6.45, 7) is 8.60. The first-order chi connectivity index (χ1) is 11.7. The average Bonchev–Trinajstić information content (AvgIpc) is 3.03. The van der Waals surface area contributed by atoms with Crippen LogP contribution in [0.3, 0.4) is 0 Å². The Morgan fingerprint density at radius 3 is 2.88 bits per heavy atom. The summed E-state index contributed by atoms with van der Waals surface area (Å²) in [5.74, 6) is 5.69. The highest BCUT2D eigenvalue weighted by molar-refractivity contribution is 7.10. The van der Waals surface area contributed by atoms with Crippen LogP contribution in [0.4, 0.5) is 5.69 Å². The van der Waals surface area contributed by atoms with Crippen molar-refractivity contribution in [3.63, 3.8) is 0 Å². The Balaban J connectivity index is 1.62. The molecule has 1 aromatic carbocycles. The predicted molar refractivity (Wildman–Crippen MR) is 102 cm³/mol. The van der Waals surface area contributed by atoms with Crippen LogP contribution in [0.5, 0.6) is 0 Å². The van der Waals surface area contributed by atoms with Gasteiger partial charge in [-0.3, -0.25) is 4.90 Å². The van der Waals surface area contributed by atoms with Crippen LogP contribution < -0.4 is 4.90 Å². The number of nitrogens with zero attached hydrogens (tertiary/aromatic N) is 2. The lowest BCUT2D eigenvalue weighted by Gasteiger charge is -2.41. The van der Waals surface area contributed by atoms with E-state index in [1.165, 1.54) is 16.1 Å². The normalized spacial score (nSPS) is 18.3. The fourth-order valence-corrected chi connectivity index (χ4v) is 4.08.